The molecule has 1 aliphatic rings. The van der Waals surface area contributed by atoms with Gasteiger partial charge in [-0.2, -0.15) is 0 Å². The fraction of sp³-hybridized carbons (Fsp3) is 0.800. The largest absolute Gasteiger partial charge is 0.295 e. The van der Waals surface area contributed by atoms with Crippen molar-refractivity contribution in [3.8, 4) is 0 Å². The lowest BCUT2D eigenvalue weighted by molar-refractivity contribution is -0.133. The Balaban J connectivity index is 2.54. The van der Waals surface area contributed by atoms with Crippen LogP contribution in [0.4, 0.5) is 0 Å². The third-order valence-corrected chi connectivity index (χ3v) is 2.62. The summed E-state index contributed by atoms with van der Waals surface area (Å²) < 4.78 is 0. The molecule has 2 amide bonds. The topological polar surface area (TPSA) is 49.4 Å². The zero-order valence-electron chi connectivity index (χ0n) is 8.88. The predicted molar refractivity (Wildman–Crippen MR) is 53.7 cm³/mol. The molecule has 0 aromatic heterocycles. The standard InChI is InChI=1S/C10H18N2O2/c1-3-12-7-5-4-6-9(12)10(14)11-8(2)13/h9H,3-7H2,1-2H3,(H,11,13,14). The predicted octanol–water partition coefficient (Wildman–Crippen LogP) is 0.523. The maximum absolute atomic E-state index is 11.6. The van der Waals surface area contributed by atoms with Crippen LogP contribution in [0.1, 0.15) is 33.1 Å². The van der Waals surface area contributed by atoms with Crippen LogP contribution in [0.15, 0.2) is 0 Å². The zero-order chi connectivity index (χ0) is 10.6. The fourth-order valence-electron chi connectivity index (χ4n) is 1.92. The molecule has 0 bridgehead atoms. The second kappa shape index (κ2) is 5.10. The van der Waals surface area contributed by atoms with Crippen LogP contribution in [0, 0.1) is 0 Å². The molecular weight excluding hydrogens is 180 g/mol. The summed E-state index contributed by atoms with van der Waals surface area (Å²) in [5.74, 6) is -0.407. The Kier molecular flexibility index (Phi) is 4.07. The number of hydrogen-bond acceptors (Lipinski definition) is 3. The molecular formula is C10H18N2O2. The summed E-state index contributed by atoms with van der Waals surface area (Å²) in [5, 5.41) is 2.36. The lowest BCUT2D eigenvalue weighted by Gasteiger charge is -2.33. The van der Waals surface area contributed by atoms with Crippen molar-refractivity contribution in [2.75, 3.05) is 13.1 Å². The molecule has 0 aromatic carbocycles. The number of amides is 2. The molecule has 14 heavy (non-hydrogen) atoms. The molecule has 1 rings (SSSR count). The van der Waals surface area contributed by atoms with E-state index in [1.165, 1.54) is 6.92 Å². The summed E-state index contributed by atoms with van der Waals surface area (Å²) >= 11 is 0. The maximum atomic E-state index is 11.6. The average Bonchev–Trinajstić information content (AvgIpc) is 2.16. The van der Waals surface area contributed by atoms with Gasteiger partial charge in [0.1, 0.15) is 0 Å². The summed E-state index contributed by atoms with van der Waals surface area (Å²) in [6.45, 7) is 5.25. The van der Waals surface area contributed by atoms with Gasteiger partial charge < -0.3 is 0 Å². The molecule has 1 atom stereocenters. The van der Waals surface area contributed by atoms with Crippen molar-refractivity contribution < 1.29 is 9.59 Å². The van der Waals surface area contributed by atoms with Crippen molar-refractivity contribution in [1.82, 2.24) is 10.2 Å². The minimum Gasteiger partial charge on any atom is -0.295 e. The van der Waals surface area contributed by atoms with Crippen LogP contribution in [0.5, 0.6) is 0 Å². The van der Waals surface area contributed by atoms with E-state index in [2.05, 4.69) is 10.2 Å². The molecule has 4 heteroatoms. The Morgan fingerprint density at radius 2 is 2.14 bits per heavy atom. The first-order valence-corrected chi connectivity index (χ1v) is 5.20. The molecule has 4 nitrogen and oxygen atoms in total. The molecule has 0 radical (unpaired) electrons. The molecule has 1 aliphatic heterocycles. The number of piperidine rings is 1. The number of likely N-dealkylation sites (N-methyl/N-ethyl adjacent to an activating group) is 1. The SMILES string of the molecule is CCN1CCCCC1C(=O)NC(C)=O. The van der Waals surface area contributed by atoms with Gasteiger partial charge in [-0.1, -0.05) is 13.3 Å². The smallest absolute Gasteiger partial charge is 0.243 e. The average molecular weight is 198 g/mol. The van der Waals surface area contributed by atoms with Crippen LogP contribution >= 0.6 is 0 Å². The van der Waals surface area contributed by atoms with Gasteiger partial charge in [0.15, 0.2) is 0 Å². The quantitative estimate of drug-likeness (QED) is 0.704. The van der Waals surface area contributed by atoms with Gasteiger partial charge in [-0.15, -0.1) is 0 Å². The van der Waals surface area contributed by atoms with Crippen LogP contribution in [-0.2, 0) is 9.59 Å². The van der Waals surface area contributed by atoms with Crippen molar-refractivity contribution >= 4 is 11.8 Å². The summed E-state index contributed by atoms with van der Waals surface area (Å²) in [7, 11) is 0. The monoisotopic (exact) mass is 198 g/mol. The van der Waals surface area contributed by atoms with Gasteiger partial charge in [-0.3, -0.25) is 19.8 Å². The van der Waals surface area contributed by atoms with E-state index < -0.39 is 0 Å². The highest BCUT2D eigenvalue weighted by molar-refractivity contribution is 5.96. The molecule has 80 valence electrons. The van der Waals surface area contributed by atoms with Crippen molar-refractivity contribution in [3.05, 3.63) is 0 Å². The van der Waals surface area contributed by atoms with Gasteiger partial charge >= 0.3 is 0 Å². The minimum atomic E-state index is -0.267. The number of nitrogens with one attached hydrogen (secondary N) is 1. The molecule has 1 unspecified atom stereocenters. The van der Waals surface area contributed by atoms with E-state index >= 15 is 0 Å². The highest BCUT2D eigenvalue weighted by Crippen LogP contribution is 2.16. The number of carbonyl (C=O) groups excluding carboxylic acids is 2. The van der Waals surface area contributed by atoms with Crippen molar-refractivity contribution in [2.45, 2.75) is 39.2 Å². The van der Waals surface area contributed by atoms with Crippen molar-refractivity contribution in [3.63, 3.8) is 0 Å². The van der Waals surface area contributed by atoms with E-state index in [4.69, 9.17) is 0 Å². The van der Waals surface area contributed by atoms with Gasteiger partial charge in [0, 0.05) is 6.92 Å². The number of carbonyl (C=O) groups is 2. The van der Waals surface area contributed by atoms with Gasteiger partial charge in [0.2, 0.25) is 11.8 Å². The number of imide groups is 1. The Labute approximate surface area is 84.7 Å². The Hall–Kier alpha value is -0.900. The fourth-order valence-corrected chi connectivity index (χ4v) is 1.92. The van der Waals surface area contributed by atoms with Gasteiger partial charge in [-0.25, -0.2) is 0 Å². The first-order chi connectivity index (χ1) is 6.65. The molecule has 0 saturated carbocycles. The molecule has 0 spiro atoms. The van der Waals surface area contributed by atoms with Crippen LogP contribution in [0.25, 0.3) is 0 Å². The Morgan fingerprint density at radius 3 is 2.71 bits per heavy atom. The third-order valence-electron chi connectivity index (χ3n) is 2.62. The molecule has 1 heterocycles. The van der Waals surface area contributed by atoms with Gasteiger partial charge in [0.05, 0.1) is 6.04 Å². The summed E-state index contributed by atoms with van der Waals surface area (Å²) in [6, 6.07) is -0.0994. The molecule has 0 aromatic rings. The van der Waals surface area contributed by atoms with E-state index in [9.17, 15) is 9.59 Å². The number of hydrogen-bond donors (Lipinski definition) is 1. The van der Waals surface area contributed by atoms with Crippen LogP contribution < -0.4 is 5.32 Å². The molecule has 1 saturated heterocycles. The highest BCUT2D eigenvalue weighted by Gasteiger charge is 2.27. The second-order valence-corrected chi connectivity index (χ2v) is 3.69. The van der Waals surface area contributed by atoms with E-state index in [0.29, 0.717) is 0 Å². The normalized spacial score (nSPS) is 23.1. The second-order valence-electron chi connectivity index (χ2n) is 3.69. The van der Waals surface area contributed by atoms with Crippen molar-refractivity contribution in [1.29, 1.82) is 0 Å². The van der Waals surface area contributed by atoms with Gasteiger partial charge in [-0.05, 0) is 25.9 Å². The van der Waals surface area contributed by atoms with E-state index in [1.807, 2.05) is 6.92 Å². The first-order valence-electron chi connectivity index (χ1n) is 5.20. The molecule has 0 aliphatic carbocycles. The lowest BCUT2D eigenvalue weighted by Crippen LogP contribution is -2.50. The Morgan fingerprint density at radius 1 is 1.43 bits per heavy atom. The van der Waals surface area contributed by atoms with Crippen LogP contribution in [0.2, 0.25) is 0 Å². The highest BCUT2D eigenvalue weighted by atomic mass is 16.2. The minimum absolute atomic E-state index is 0.0994. The third kappa shape index (κ3) is 2.80. The number of likely N-dealkylation sites (tertiary alicyclic amines) is 1. The van der Waals surface area contributed by atoms with Crippen LogP contribution in [0.3, 0.4) is 0 Å². The van der Waals surface area contributed by atoms with E-state index in [-0.39, 0.29) is 17.9 Å². The maximum Gasteiger partial charge on any atom is 0.243 e. The van der Waals surface area contributed by atoms with Gasteiger partial charge in [0.25, 0.3) is 0 Å². The summed E-state index contributed by atoms with van der Waals surface area (Å²) in [6.07, 6.45) is 3.09. The molecule has 1 fully saturated rings. The van der Waals surface area contributed by atoms with Crippen molar-refractivity contribution in [2.24, 2.45) is 0 Å². The molecule has 1 N–H and O–H groups in total. The first kappa shape index (κ1) is 11.2. The van der Waals surface area contributed by atoms with E-state index in [0.717, 1.165) is 32.4 Å². The Bertz CT molecular complexity index is 228. The van der Waals surface area contributed by atoms with Crippen LogP contribution in [-0.4, -0.2) is 35.8 Å². The summed E-state index contributed by atoms with van der Waals surface area (Å²) in [4.78, 5) is 24.5. The zero-order valence-corrected chi connectivity index (χ0v) is 8.88. The lowest BCUT2D eigenvalue weighted by atomic mass is 10.0. The van der Waals surface area contributed by atoms with E-state index in [1.54, 1.807) is 0 Å². The summed E-state index contributed by atoms with van der Waals surface area (Å²) in [5.41, 5.74) is 0. The number of rotatable bonds is 2. The number of nitrogens with zero attached hydrogens (tertiary/aromatic N) is 1.